The lowest BCUT2D eigenvalue weighted by Crippen LogP contribution is -2.24. The molecule has 0 bridgehead atoms. The van der Waals surface area contributed by atoms with E-state index in [4.69, 9.17) is 4.74 Å². The number of thiophene rings is 1. The summed E-state index contributed by atoms with van der Waals surface area (Å²) in [5, 5.41) is 2.97. The lowest BCUT2D eigenvalue weighted by atomic mass is 9.84. The molecule has 0 saturated heterocycles. The van der Waals surface area contributed by atoms with Crippen molar-refractivity contribution in [3.8, 4) is 10.4 Å². The normalized spacial score (nSPS) is 15.1. The van der Waals surface area contributed by atoms with Crippen LogP contribution in [0.3, 0.4) is 0 Å². The number of carbonyl (C=O) groups excluding carboxylic acids is 1. The Morgan fingerprint density at radius 1 is 1.12 bits per heavy atom. The molecule has 140 valence electrons. The summed E-state index contributed by atoms with van der Waals surface area (Å²) < 4.78 is 5.29. The topological polar surface area (TPSA) is 38.3 Å². The molecule has 3 rings (SSSR count). The van der Waals surface area contributed by atoms with E-state index in [1.807, 2.05) is 13.0 Å². The van der Waals surface area contributed by atoms with Crippen LogP contribution in [0.25, 0.3) is 10.4 Å². The van der Waals surface area contributed by atoms with E-state index in [9.17, 15) is 4.79 Å². The van der Waals surface area contributed by atoms with Crippen LogP contribution in [0.1, 0.15) is 66.6 Å². The number of carbonyl (C=O) groups is 1. The third kappa shape index (κ3) is 5.18. The first-order valence-corrected chi connectivity index (χ1v) is 10.7. The van der Waals surface area contributed by atoms with Crippen LogP contribution in [0.15, 0.2) is 36.4 Å². The first kappa shape index (κ1) is 19.1. The molecule has 4 heteroatoms. The minimum atomic E-state index is 0.0107. The smallest absolute Gasteiger partial charge is 0.261 e. The van der Waals surface area contributed by atoms with Gasteiger partial charge in [0.2, 0.25) is 0 Å². The molecule has 0 atom stereocenters. The number of hydrogen-bond acceptors (Lipinski definition) is 3. The van der Waals surface area contributed by atoms with Crippen molar-refractivity contribution >= 4 is 17.2 Å². The molecule has 1 heterocycles. The Balaban J connectivity index is 1.56. The molecule has 0 unspecified atom stereocenters. The summed E-state index contributed by atoms with van der Waals surface area (Å²) in [7, 11) is 0. The van der Waals surface area contributed by atoms with Gasteiger partial charge in [-0.05, 0) is 55.4 Å². The van der Waals surface area contributed by atoms with E-state index in [1.54, 1.807) is 11.3 Å². The second kappa shape index (κ2) is 9.89. The van der Waals surface area contributed by atoms with Gasteiger partial charge in [0, 0.05) is 24.6 Å². The Bertz CT molecular complexity index is 686. The van der Waals surface area contributed by atoms with Crippen LogP contribution < -0.4 is 5.32 Å². The molecule has 0 spiro atoms. The van der Waals surface area contributed by atoms with Crippen molar-refractivity contribution in [2.45, 2.75) is 51.4 Å². The first-order valence-electron chi connectivity index (χ1n) is 9.84. The molecule has 1 aromatic heterocycles. The lowest BCUT2D eigenvalue weighted by molar-refractivity contribution is 0.0948. The van der Waals surface area contributed by atoms with Gasteiger partial charge in [0.25, 0.3) is 5.91 Å². The molecule has 1 aromatic carbocycles. The average Bonchev–Trinajstić information content (AvgIpc) is 3.19. The SMILES string of the molecule is CCOCCCNC(=O)c1ccc(-c2ccc(C3CCCCC3)cc2)s1. The van der Waals surface area contributed by atoms with E-state index in [0.717, 1.165) is 28.7 Å². The molecule has 1 amide bonds. The maximum absolute atomic E-state index is 12.2. The quantitative estimate of drug-likeness (QED) is 0.612. The van der Waals surface area contributed by atoms with E-state index in [1.165, 1.54) is 43.2 Å². The van der Waals surface area contributed by atoms with Gasteiger partial charge >= 0.3 is 0 Å². The van der Waals surface area contributed by atoms with Gasteiger partial charge in [-0.1, -0.05) is 43.5 Å². The van der Waals surface area contributed by atoms with Gasteiger partial charge in [-0.15, -0.1) is 11.3 Å². The third-order valence-electron chi connectivity index (χ3n) is 5.06. The van der Waals surface area contributed by atoms with Gasteiger partial charge in [0.05, 0.1) is 4.88 Å². The van der Waals surface area contributed by atoms with Crippen molar-refractivity contribution in [3.05, 3.63) is 46.8 Å². The fourth-order valence-electron chi connectivity index (χ4n) is 3.58. The highest BCUT2D eigenvalue weighted by Gasteiger charge is 2.16. The Kier molecular flexibility index (Phi) is 7.27. The number of nitrogens with one attached hydrogen (secondary N) is 1. The summed E-state index contributed by atoms with van der Waals surface area (Å²) in [6.45, 7) is 4.05. The zero-order valence-electron chi connectivity index (χ0n) is 15.6. The average molecular weight is 372 g/mol. The zero-order chi connectivity index (χ0) is 18.2. The van der Waals surface area contributed by atoms with Crippen LogP contribution >= 0.6 is 11.3 Å². The van der Waals surface area contributed by atoms with Gasteiger partial charge in [-0.2, -0.15) is 0 Å². The van der Waals surface area contributed by atoms with Gasteiger partial charge in [-0.25, -0.2) is 0 Å². The molecular formula is C22H29NO2S. The molecule has 1 aliphatic rings. The number of rotatable bonds is 8. The molecule has 1 aliphatic carbocycles. The number of amides is 1. The largest absolute Gasteiger partial charge is 0.382 e. The number of ether oxygens (including phenoxy) is 1. The van der Waals surface area contributed by atoms with Gasteiger partial charge in [-0.3, -0.25) is 4.79 Å². The third-order valence-corrected chi connectivity index (χ3v) is 6.19. The van der Waals surface area contributed by atoms with Crippen LogP contribution in [0.5, 0.6) is 0 Å². The molecule has 3 nitrogen and oxygen atoms in total. The minimum Gasteiger partial charge on any atom is -0.382 e. The predicted molar refractivity (Wildman–Crippen MR) is 109 cm³/mol. The molecule has 1 N–H and O–H groups in total. The van der Waals surface area contributed by atoms with Crippen molar-refractivity contribution in [1.29, 1.82) is 0 Å². The predicted octanol–water partition coefficient (Wildman–Crippen LogP) is 5.62. The summed E-state index contributed by atoms with van der Waals surface area (Å²) in [5.41, 5.74) is 2.67. The minimum absolute atomic E-state index is 0.0107. The van der Waals surface area contributed by atoms with E-state index in [0.29, 0.717) is 13.2 Å². The molecule has 0 radical (unpaired) electrons. The molecule has 1 fully saturated rings. The van der Waals surface area contributed by atoms with Crippen LogP contribution in [0.4, 0.5) is 0 Å². The molecule has 0 aliphatic heterocycles. The second-order valence-electron chi connectivity index (χ2n) is 6.93. The van der Waals surface area contributed by atoms with Gasteiger partial charge < -0.3 is 10.1 Å². The van der Waals surface area contributed by atoms with Gasteiger partial charge in [0.15, 0.2) is 0 Å². The summed E-state index contributed by atoms with van der Waals surface area (Å²) in [5.74, 6) is 0.746. The molecule has 26 heavy (non-hydrogen) atoms. The Morgan fingerprint density at radius 3 is 2.62 bits per heavy atom. The van der Waals surface area contributed by atoms with Crippen molar-refractivity contribution in [2.75, 3.05) is 19.8 Å². The van der Waals surface area contributed by atoms with E-state index < -0.39 is 0 Å². The van der Waals surface area contributed by atoms with E-state index in [-0.39, 0.29) is 5.91 Å². The highest BCUT2D eigenvalue weighted by molar-refractivity contribution is 7.17. The van der Waals surface area contributed by atoms with Crippen LogP contribution in [-0.2, 0) is 4.74 Å². The van der Waals surface area contributed by atoms with E-state index >= 15 is 0 Å². The van der Waals surface area contributed by atoms with Crippen LogP contribution in [0.2, 0.25) is 0 Å². The zero-order valence-corrected chi connectivity index (χ0v) is 16.4. The maximum atomic E-state index is 12.2. The van der Waals surface area contributed by atoms with Crippen molar-refractivity contribution < 1.29 is 9.53 Å². The number of benzene rings is 1. The second-order valence-corrected chi connectivity index (χ2v) is 8.01. The Morgan fingerprint density at radius 2 is 1.88 bits per heavy atom. The van der Waals surface area contributed by atoms with E-state index in [2.05, 4.69) is 35.6 Å². The van der Waals surface area contributed by atoms with Crippen LogP contribution in [0, 0.1) is 0 Å². The lowest BCUT2D eigenvalue weighted by Gasteiger charge is -2.22. The maximum Gasteiger partial charge on any atom is 0.261 e. The molecule has 2 aromatic rings. The van der Waals surface area contributed by atoms with Crippen molar-refractivity contribution in [3.63, 3.8) is 0 Å². The fraction of sp³-hybridized carbons (Fsp3) is 0.500. The summed E-state index contributed by atoms with van der Waals surface area (Å²) >= 11 is 1.56. The standard InChI is InChI=1S/C22H29NO2S/c1-2-25-16-6-15-23-22(24)21-14-13-20(26-21)19-11-9-18(10-12-19)17-7-4-3-5-8-17/h9-14,17H,2-8,15-16H2,1H3,(H,23,24). The Hall–Kier alpha value is -1.65. The number of hydrogen-bond donors (Lipinski definition) is 1. The molecule has 1 saturated carbocycles. The highest BCUT2D eigenvalue weighted by atomic mass is 32.1. The van der Waals surface area contributed by atoms with Crippen molar-refractivity contribution in [1.82, 2.24) is 5.32 Å². The first-order chi connectivity index (χ1) is 12.8. The highest BCUT2D eigenvalue weighted by Crippen LogP contribution is 2.34. The van der Waals surface area contributed by atoms with Crippen LogP contribution in [-0.4, -0.2) is 25.7 Å². The Labute approximate surface area is 160 Å². The van der Waals surface area contributed by atoms with Gasteiger partial charge in [0.1, 0.15) is 0 Å². The summed E-state index contributed by atoms with van der Waals surface area (Å²) in [6.07, 6.45) is 7.61. The summed E-state index contributed by atoms with van der Waals surface area (Å²) in [4.78, 5) is 14.2. The summed E-state index contributed by atoms with van der Waals surface area (Å²) in [6, 6.07) is 12.9. The molecular weight excluding hydrogens is 342 g/mol. The van der Waals surface area contributed by atoms with Crippen molar-refractivity contribution in [2.24, 2.45) is 0 Å². The fourth-order valence-corrected chi connectivity index (χ4v) is 4.51. The monoisotopic (exact) mass is 371 g/mol.